The van der Waals surface area contributed by atoms with E-state index in [0.29, 0.717) is 21.7 Å². The molecule has 0 fully saturated rings. The zero-order valence-corrected chi connectivity index (χ0v) is 15.9. The van der Waals surface area contributed by atoms with Crippen LogP contribution in [0, 0.1) is 13.8 Å². The smallest absolute Gasteiger partial charge is 0.406 e. The fraction of sp³-hybridized carbons (Fsp3) is 0.118. The number of hydrogen-bond donors (Lipinski definition) is 1. The highest BCUT2D eigenvalue weighted by Crippen LogP contribution is 2.25. The van der Waals surface area contributed by atoms with Crippen molar-refractivity contribution in [1.29, 1.82) is 0 Å². The van der Waals surface area contributed by atoms with Gasteiger partial charge >= 0.3 is 6.09 Å². The summed E-state index contributed by atoms with van der Waals surface area (Å²) in [6.07, 6.45) is 5.95. The molecule has 0 radical (unpaired) electrons. The highest BCUT2D eigenvalue weighted by molar-refractivity contribution is 7.13. The molecule has 0 bridgehead atoms. The van der Waals surface area contributed by atoms with Gasteiger partial charge in [0.25, 0.3) is 0 Å². The minimum absolute atomic E-state index is 0.255. The average Bonchev–Trinajstić information content (AvgIpc) is 3.21. The summed E-state index contributed by atoms with van der Waals surface area (Å²) in [6.45, 7) is 3.68. The summed E-state index contributed by atoms with van der Waals surface area (Å²) in [4.78, 5) is 29.0. The number of aromatic nitrogens is 5. The Hall–Kier alpha value is -3.04. The van der Waals surface area contributed by atoms with Crippen molar-refractivity contribution in [3.63, 3.8) is 0 Å². The number of aryl methyl sites for hydroxylation is 2. The molecule has 0 unspecified atom stereocenters. The van der Waals surface area contributed by atoms with Crippen molar-refractivity contribution in [2.24, 2.45) is 0 Å². The van der Waals surface area contributed by atoms with Crippen molar-refractivity contribution in [3.05, 3.63) is 52.6 Å². The molecule has 4 aromatic heterocycles. The number of halogens is 1. The number of thiazole rings is 1. The van der Waals surface area contributed by atoms with Gasteiger partial charge in [-0.15, -0.1) is 11.3 Å². The maximum absolute atomic E-state index is 12.3. The number of hydrogen-bond acceptors (Lipinski definition) is 7. The molecule has 0 aliphatic carbocycles. The summed E-state index contributed by atoms with van der Waals surface area (Å²) in [6, 6.07) is 1.88. The number of amides is 1. The summed E-state index contributed by atoms with van der Waals surface area (Å²) in [5.74, 6) is 0.681. The van der Waals surface area contributed by atoms with Crippen LogP contribution in [0.25, 0.3) is 21.7 Å². The molecule has 1 N–H and O–H groups in total. The van der Waals surface area contributed by atoms with Crippen LogP contribution in [0.5, 0.6) is 5.75 Å². The first kappa shape index (κ1) is 17.4. The standard InChI is InChI=1S/C17H13ClN6O2S/c1-9-7-24(12-5-19-4-3-11(9)12)23-17(25)26-13-6-20-15(21-10(13)2)16-22-14(18)8-27-16/h3-8H,1-2H3,(H,23,25). The van der Waals surface area contributed by atoms with Crippen molar-refractivity contribution < 1.29 is 9.53 Å². The summed E-state index contributed by atoms with van der Waals surface area (Å²) in [5.41, 5.74) is 4.96. The van der Waals surface area contributed by atoms with E-state index in [9.17, 15) is 4.79 Å². The predicted molar refractivity (Wildman–Crippen MR) is 103 cm³/mol. The van der Waals surface area contributed by atoms with Gasteiger partial charge in [0, 0.05) is 23.2 Å². The molecule has 27 heavy (non-hydrogen) atoms. The Morgan fingerprint density at radius 1 is 1.30 bits per heavy atom. The minimum atomic E-state index is -0.660. The van der Waals surface area contributed by atoms with Crippen molar-refractivity contribution in [1.82, 2.24) is 24.6 Å². The summed E-state index contributed by atoms with van der Waals surface area (Å²) in [5, 5.41) is 3.68. The molecule has 0 aliphatic rings. The molecule has 0 saturated carbocycles. The van der Waals surface area contributed by atoms with Crippen molar-refractivity contribution in [2.45, 2.75) is 13.8 Å². The van der Waals surface area contributed by atoms with Gasteiger partial charge in [-0.1, -0.05) is 11.6 Å². The summed E-state index contributed by atoms with van der Waals surface area (Å²) in [7, 11) is 0. The Balaban J connectivity index is 1.52. The second-order valence-corrected chi connectivity index (χ2v) is 6.94. The number of ether oxygens (including phenoxy) is 1. The molecule has 4 aromatic rings. The molecule has 1 amide bonds. The van der Waals surface area contributed by atoms with E-state index in [0.717, 1.165) is 16.5 Å². The highest BCUT2D eigenvalue weighted by Gasteiger charge is 2.14. The van der Waals surface area contributed by atoms with Crippen LogP contribution < -0.4 is 10.2 Å². The molecule has 0 aliphatic heterocycles. The van der Waals surface area contributed by atoms with Gasteiger partial charge in [-0.3, -0.25) is 9.66 Å². The van der Waals surface area contributed by atoms with Gasteiger partial charge in [0.2, 0.25) is 0 Å². The lowest BCUT2D eigenvalue weighted by Gasteiger charge is -2.10. The number of nitrogens with one attached hydrogen (secondary N) is 1. The molecular weight excluding hydrogens is 388 g/mol. The lowest BCUT2D eigenvalue weighted by molar-refractivity contribution is 0.211. The predicted octanol–water partition coefficient (Wildman–Crippen LogP) is 3.96. The Labute approximate surface area is 162 Å². The average molecular weight is 401 g/mol. The molecular formula is C17H13ClN6O2S. The van der Waals surface area contributed by atoms with Crippen LogP contribution >= 0.6 is 22.9 Å². The van der Waals surface area contributed by atoms with Crippen molar-refractivity contribution in [3.8, 4) is 16.6 Å². The number of nitrogens with zero attached hydrogens (tertiary/aromatic N) is 5. The first-order valence-electron chi connectivity index (χ1n) is 7.87. The van der Waals surface area contributed by atoms with E-state index in [1.165, 1.54) is 17.5 Å². The Kier molecular flexibility index (Phi) is 4.46. The van der Waals surface area contributed by atoms with E-state index in [4.69, 9.17) is 16.3 Å². The monoisotopic (exact) mass is 400 g/mol. The van der Waals surface area contributed by atoms with E-state index < -0.39 is 6.09 Å². The molecule has 0 spiro atoms. The maximum atomic E-state index is 12.3. The van der Waals surface area contributed by atoms with Gasteiger partial charge in [-0.2, -0.15) is 0 Å². The van der Waals surface area contributed by atoms with Crippen LogP contribution in [0.15, 0.2) is 36.2 Å². The third-order valence-electron chi connectivity index (χ3n) is 3.82. The fourth-order valence-corrected chi connectivity index (χ4v) is 3.46. The molecule has 8 nitrogen and oxygen atoms in total. The van der Waals surface area contributed by atoms with Crippen molar-refractivity contribution in [2.75, 3.05) is 5.43 Å². The van der Waals surface area contributed by atoms with E-state index in [1.807, 2.05) is 13.0 Å². The normalized spacial score (nSPS) is 10.9. The topological polar surface area (TPSA) is 94.8 Å². The van der Waals surface area contributed by atoms with Crippen LogP contribution in [0.4, 0.5) is 4.79 Å². The Morgan fingerprint density at radius 2 is 2.15 bits per heavy atom. The zero-order valence-electron chi connectivity index (χ0n) is 14.3. The molecule has 4 rings (SSSR count). The van der Waals surface area contributed by atoms with Gasteiger partial charge in [-0.25, -0.2) is 25.2 Å². The van der Waals surface area contributed by atoms with E-state index in [1.54, 1.807) is 35.6 Å². The largest absolute Gasteiger partial charge is 0.432 e. The number of rotatable bonds is 3. The van der Waals surface area contributed by atoms with Crippen LogP contribution in [-0.2, 0) is 0 Å². The Morgan fingerprint density at radius 3 is 2.89 bits per heavy atom. The lowest BCUT2D eigenvalue weighted by atomic mass is 10.2. The summed E-state index contributed by atoms with van der Waals surface area (Å²) < 4.78 is 6.92. The van der Waals surface area contributed by atoms with Crippen LogP contribution in [-0.4, -0.2) is 30.7 Å². The first-order chi connectivity index (χ1) is 13.0. The molecule has 4 heterocycles. The van der Waals surface area contributed by atoms with Crippen LogP contribution in [0.2, 0.25) is 5.15 Å². The molecule has 10 heteroatoms. The van der Waals surface area contributed by atoms with E-state index >= 15 is 0 Å². The van der Waals surface area contributed by atoms with Crippen LogP contribution in [0.3, 0.4) is 0 Å². The summed E-state index contributed by atoms with van der Waals surface area (Å²) >= 11 is 7.17. The maximum Gasteiger partial charge on any atom is 0.432 e. The number of fused-ring (bicyclic) bond motifs is 1. The molecule has 136 valence electrons. The second kappa shape index (κ2) is 6.93. The van der Waals surface area contributed by atoms with Crippen molar-refractivity contribution >= 4 is 39.9 Å². The molecule has 0 atom stereocenters. The SMILES string of the molecule is Cc1nc(-c2nc(Cl)cs2)ncc1OC(=O)Nn1cc(C)c2ccncc21. The first-order valence-corrected chi connectivity index (χ1v) is 9.12. The number of pyridine rings is 1. The van der Waals surface area contributed by atoms with E-state index in [-0.39, 0.29) is 5.75 Å². The second-order valence-electron chi connectivity index (χ2n) is 5.69. The van der Waals surface area contributed by atoms with Crippen LogP contribution in [0.1, 0.15) is 11.3 Å². The Bertz CT molecular complexity index is 1160. The van der Waals surface area contributed by atoms with Gasteiger partial charge in [0.1, 0.15) is 5.15 Å². The van der Waals surface area contributed by atoms with Gasteiger partial charge in [0.15, 0.2) is 16.6 Å². The van der Waals surface area contributed by atoms with Gasteiger partial charge in [0.05, 0.1) is 23.6 Å². The number of carbonyl (C=O) groups excluding carboxylic acids is 1. The minimum Gasteiger partial charge on any atom is -0.406 e. The van der Waals surface area contributed by atoms with Gasteiger partial charge < -0.3 is 4.74 Å². The van der Waals surface area contributed by atoms with Gasteiger partial charge in [-0.05, 0) is 25.5 Å². The fourth-order valence-electron chi connectivity index (χ4n) is 2.57. The number of carbonyl (C=O) groups is 1. The third kappa shape index (κ3) is 3.46. The lowest BCUT2D eigenvalue weighted by Crippen LogP contribution is -2.25. The quantitative estimate of drug-likeness (QED) is 0.559. The van der Waals surface area contributed by atoms with E-state index in [2.05, 4.69) is 25.4 Å². The zero-order chi connectivity index (χ0) is 19.0. The molecule has 0 saturated heterocycles. The molecule has 0 aromatic carbocycles. The highest BCUT2D eigenvalue weighted by atomic mass is 35.5. The third-order valence-corrected chi connectivity index (χ3v) is 4.98.